The van der Waals surface area contributed by atoms with Crippen molar-refractivity contribution in [2.24, 2.45) is 11.3 Å². The first kappa shape index (κ1) is 11.5. The standard InChI is InChI=1S/C12H22O2/c1-6-11(4)7-8-12(5,9(2)3)10(13)14-11/h9H,6-8H2,1-5H3. The summed E-state index contributed by atoms with van der Waals surface area (Å²) in [5, 5.41) is 0. The molecule has 0 bridgehead atoms. The number of hydrogen-bond donors (Lipinski definition) is 0. The van der Waals surface area contributed by atoms with Crippen molar-refractivity contribution in [2.45, 2.75) is 59.5 Å². The van der Waals surface area contributed by atoms with E-state index < -0.39 is 0 Å². The average molecular weight is 198 g/mol. The molecule has 0 aromatic carbocycles. The molecule has 1 aliphatic rings. The lowest BCUT2D eigenvalue weighted by molar-refractivity contribution is -0.186. The minimum Gasteiger partial charge on any atom is -0.459 e. The largest absolute Gasteiger partial charge is 0.459 e. The van der Waals surface area contributed by atoms with Gasteiger partial charge in [0.2, 0.25) is 0 Å². The fraction of sp³-hybridized carbons (Fsp3) is 0.917. The van der Waals surface area contributed by atoms with Crippen LogP contribution in [0.1, 0.15) is 53.9 Å². The Balaban J connectivity index is 2.79. The van der Waals surface area contributed by atoms with E-state index in [1.54, 1.807) is 0 Å². The van der Waals surface area contributed by atoms with Crippen LogP contribution in [0, 0.1) is 11.3 Å². The minimum absolute atomic E-state index is 0.0110. The van der Waals surface area contributed by atoms with Crippen molar-refractivity contribution < 1.29 is 9.53 Å². The summed E-state index contributed by atoms with van der Waals surface area (Å²) in [4.78, 5) is 11.9. The van der Waals surface area contributed by atoms with E-state index in [-0.39, 0.29) is 17.0 Å². The summed E-state index contributed by atoms with van der Waals surface area (Å²) >= 11 is 0. The van der Waals surface area contributed by atoms with Gasteiger partial charge in [0, 0.05) is 0 Å². The molecule has 2 atom stereocenters. The quantitative estimate of drug-likeness (QED) is 0.637. The first-order valence-electron chi connectivity index (χ1n) is 5.57. The monoisotopic (exact) mass is 198 g/mol. The molecular formula is C12H22O2. The van der Waals surface area contributed by atoms with E-state index in [1.807, 2.05) is 13.8 Å². The third-order valence-corrected chi connectivity index (χ3v) is 4.00. The highest BCUT2D eigenvalue weighted by Crippen LogP contribution is 2.43. The van der Waals surface area contributed by atoms with Gasteiger partial charge < -0.3 is 4.74 Å². The third kappa shape index (κ3) is 1.79. The Bertz CT molecular complexity index is 234. The normalized spacial score (nSPS) is 38.6. The summed E-state index contributed by atoms with van der Waals surface area (Å²) < 4.78 is 5.56. The van der Waals surface area contributed by atoms with Crippen molar-refractivity contribution in [1.29, 1.82) is 0 Å². The van der Waals surface area contributed by atoms with Crippen molar-refractivity contribution in [3.05, 3.63) is 0 Å². The molecule has 1 heterocycles. The number of ether oxygens (including phenoxy) is 1. The highest BCUT2D eigenvalue weighted by molar-refractivity contribution is 5.78. The number of carbonyl (C=O) groups is 1. The average Bonchev–Trinajstić information content (AvgIpc) is 2.12. The molecule has 2 heteroatoms. The molecule has 1 aliphatic heterocycles. The second-order valence-electron chi connectivity index (χ2n) is 5.27. The fourth-order valence-electron chi connectivity index (χ4n) is 1.79. The maximum atomic E-state index is 11.9. The summed E-state index contributed by atoms with van der Waals surface area (Å²) in [6.45, 7) is 10.3. The van der Waals surface area contributed by atoms with Crippen LogP contribution in [0.15, 0.2) is 0 Å². The topological polar surface area (TPSA) is 26.3 Å². The SMILES string of the molecule is CCC1(C)CCC(C)(C(C)C)C(=O)O1. The molecule has 0 spiro atoms. The van der Waals surface area contributed by atoms with Crippen LogP contribution >= 0.6 is 0 Å². The van der Waals surface area contributed by atoms with E-state index >= 15 is 0 Å². The van der Waals surface area contributed by atoms with Crippen LogP contribution in [-0.4, -0.2) is 11.6 Å². The molecule has 0 N–H and O–H groups in total. The van der Waals surface area contributed by atoms with Crippen LogP contribution in [0.3, 0.4) is 0 Å². The van der Waals surface area contributed by atoms with Gasteiger partial charge in [-0.1, -0.05) is 20.8 Å². The van der Waals surface area contributed by atoms with Gasteiger partial charge in [0.1, 0.15) is 5.60 Å². The summed E-state index contributed by atoms with van der Waals surface area (Å²) in [6.07, 6.45) is 2.85. The number of cyclic esters (lactones) is 1. The maximum absolute atomic E-state index is 11.9. The van der Waals surface area contributed by atoms with Gasteiger partial charge in [-0.2, -0.15) is 0 Å². The molecule has 1 fully saturated rings. The predicted octanol–water partition coefficient (Wildman–Crippen LogP) is 3.15. The first-order chi connectivity index (χ1) is 6.34. The van der Waals surface area contributed by atoms with Gasteiger partial charge in [0.05, 0.1) is 5.41 Å². The molecule has 82 valence electrons. The highest BCUT2D eigenvalue weighted by atomic mass is 16.6. The summed E-state index contributed by atoms with van der Waals surface area (Å²) in [7, 11) is 0. The zero-order valence-electron chi connectivity index (χ0n) is 10.0. The molecule has 14 heavy (non-hydrogen) atoms. The van der Waals surface area contributed by atoms with E-state index in [4.69, 9.17) is 4.74 Å². The zero-order chi connectivity index (χ0) is 11.0. The number of esters is 1. The van der Waals surface area contributed by atoms with Crippen LogP contribution in [0.5, 0.6) is 0 Å². The Morgan fingerprint density at radius 2 is 1.93 bits per heavy atom. The number of carbonyl (C=O) groups excluding carboxylic acids is 1. The van der Waals surface area contributed by atoms with Gasteiger partial charge in [0.25, 0.3) is 0 Å². The second kappa shape index (κ2) is 3.56. The van der Waals surface area contributed by atoms with E-state index in [2.05, 4.69) is 20.8 Å². The summed E-state index contributed by atoms with van der Waals surface area (Å²) in [6, 6.07) is 0. The molecule has 0 saturated carbocycles. The molecule has 0 amide bonds. The van der Waals surface area contributed by atoms with Crippen LogP contribution < -0.4 is 0 Å². The smallest absolute Gasteiger partial charge is 0.312 e. The Morgan fingerprint density at radius 3 is 2.29 bits per heavy atom. The number of hydrogen-bond acceptors (Lipinski definition) is 2. The molecule has 1 rings (SSSR count). The van der Waals surface area contributed by atoms with E-state index in [1.165, 1.54) is 0 Å². The first-order valence-corrected chi connectivity index (χ1v) is 5.57. The van der Waals surface area contributed by atoms with Crippen molar-refractivity contribution in [2.75, 3.05) is 0 Å². The van der Waals surface area contributed by atoms with Crippen LogP contribution in [0.4, 0.5) is 0 Å². The molecular weight excluding hydrogens is 176 g/mol. The van der Waals surface area contributed by atoms with Gasteiger partial charge in [0.15, 0.2) is 0 Å². The lowest BCUT2D eigenvalue weighted by Crippen LogP contribution is -2.47. The zero-order valence-corrected chi connectivity index (χ0v) is 10.0. The van der Waals surface area contributed by atoms with Crippen molar-refractivity contribution >= 4 is 5.97 Å². The lowest BCUT2D eigenvalue weighted by Gasteiger charge is -2.43. The number of rotatable bonds is 2. The van der Waals surface area contributed by atoms with Crippen molar-refractivity contribution in [1.82, 2.24) is 0 Å². The Kier molecular flexibility index (Phi) is 2.93. The molecule has 0 aromatic rings. The van der Waals surface area contributed by atoms with Crippen LogP contribution in [-0.2, 0) is 9.53 Å². The summed E-state index contributed by atoms with van der Waals surface area (Å²) in [5.41, 5.74) is -0.486. The Hall–Kier alpha value is -0.530. The maximum Gasteiger partial charge on any atom is 0.312 e. The van der Waals surface area contributed by atoms with E-state index in [9.17, 15) is 4.79 Å². The van der Waals surface area contributed by atoms with Gasteiger partial charge >= 0.3 is 5.97 Å². The Morgan fingerprint density at radius 1 is 1.36 bits per heavy atom. The molecule has 2 nitrogen and oxygen atoms in total. The molecule has 0 radical (unpaired) electrons. The van der Waals surface area contributed by atoms with Gasteiger partial charge in [-0.15, -0.1) is 0 Å². The Labute approximate surface area is 87.0 Å². The molecule has 0 aliphatic carbocycles. The second-order valence-corrected chi connectivity index (χ2v) is 5.27. The van der Waals surface area contributed by atoms with Gasteiger partial charge in [-0.3, -0.25) is 4.79 Å². The summed E-state index contributed by atoms with van der Waals surface area (Å²) in [5.74, 6) is 0.347. The molecule has 0 aromatic heterocycles. The highest BCUT2D eigenvalue weighted by Gasteiger charge is 2.46. The van der Waals surface area contributed by atoms with Crippen molar-refractivity contribution in [3.63, 3.8) is 0 Å². The molecule has 1 saturated heterocycles. The van der Waals surface area contributed by atoms with E-state index in [0.717, 1.165) is 19.3 Å². The van der Waals surface area contributed by atoms with Crippen LogP contribution in [0.25, 0.3) is 0 Å². The van der Waals surface area contributed by atoms with Crippen molar-refractivity contribution in [3.8, 4) is 0 Å². The minimum atomic E-state index is -0.269. The fourth-order valence-corrected chi connectivity index (χ4v) is 1.79. The third-order valence-electron chi connectivity index (χ3n) is 4.00. The van der Waals surface area contributed by atoms with Crippen LogP contribution in [0.2, 0.25) is 0 Å². The predicted molar refractivity (Wildman–Crippen MR) is 57.0 cm³/mol. The van der Waals surface area contributed by atoms with E-state index in [0.29, 0.717) is 5.92 Å². The lowest BCUT2D eigenvalue weighted by atomic mass is 9.71. The van der Waals surface area contributed by atoms with Gasteiger partial charge in [-0.05, 0) is 39.0 Å². The van der Waals surface area contributed by atoms with Gasteiger partial charge in [-0.25, -0.2) is 0 Å². The molecule has 2 unspecified atom stereocenters.